The van der Waals surface area contributed by atoms with Crippen LogP contribution >= 0.6 is 11.3 Å². The third-order valence-corrected chi connectivity index (χ3v) is 4.57. The van der Waals surface area contributed by atoms with Crippen LogP contribution in [0.4, 0.5) is 0 Å². The van der Waals surface area contributed by atoms with E-state index in [2.05, 4.69) is 22.6 Å². The third kappa shape index (κ3) is 2.87. The molecule has 1 aromatic rings. The molecule has 0 aromatic carbocycles. The molecule has 1 aliphatic carbocycles. The van der Waals surface area contributed by atoms with E-state index in [0.29, 0.717) is 5.41 Å². The standard InChI is InChI=1S/C13H20N2OS/c1-10-15-12(7-17-10)6-13(4-5-16-9-13)8-14-11-2-3-11/h7,11,14H,2-6,8-9H2,1H3. The highest BCUT2D eigenvalue weighted by molar-refractivity contribution is 7.09. The molecule has 4 heteroatoms. The lowest BCUT2D eigenvalue weighted by Gasteiger charge is -2.27. The minimum atomic E-state index is 0.295. The lowest BCUT2D eigenvalue weighted by molar-refractivity contribution is 0.148. The molecular weight excluding hydrogens is 232 g/mol. The zero-order valence-electron chi connectivity index (χ0n) is 10.4. The Hall–Kier alpha value is -0.450. The number of hydrogen-bond donors (Lipinski definition) is 1. The zero-order valence-corrected chi connectivity index (χ0v) is 11.2. The average molecular weight is 252 g/mol. The maximum absolute atomic E-state index is 5.63. The van der Waals surface area contributed by atoms with Gasteiger partial charge in [-0.25, -0.2) is 4.98 Å². The molecule has 1 saturated carbocycles. The van der Waals surface area contributed by atoms with E-state index >= 15 is 0 Å². The first-order chi connectivity index (χ1) is 8.26. The fourth-order valence-electron chi connectivity index (χ4n) is 2.51. The summed E-state index contributed by atoms with van der Waals surface area (Å²) in [5.41, 5.74) is 1.54. The number of hydrogen-bond acceptors (Lipinski definition) is 4. The fourth-order valence-corrected chi connectivity index (χ4v) is 3.13. The van der Waals surface area contributed by atoms with E-state index < -0.39 is 0 Å². The van der Waals surface area contributed by atoms with Crippen molar-refractivity contribution in [3.63, 3.8) is 0 Å². The molecule has 1 saturated heterocycles. The van der Waals surface area contributed by atoms with Crippen LogP contribution in [0.1, 0.15) is 30.0 Å². The molecule has 3 nitrogen and oxygen atoms in total. The minimum Gasteiger partial charge on any atom is -0.381 e. The van der Waals surface area contributed by atoms with E-state index in [1.165, 1.54) is 30.0 Å². The van der Waals surface area contributed by atoms with Gasteiger partial charge in [-0.3, -0.25) is 0 Å². The van der Waals surface area contributed by atoms with E-state index in [1.54, 1.807) is 11.3 Å². The van der Waals surface area contributed by atoms with Gasteiger partial charge in [-0.05, 0) is 32.6 Å². The van der Waals surface area contributed by atoms with Crippen molar-refractivity contribution in [3.8, 4) is 0 Å². The predicted octanol–water partition coefficient (Wildman–Crippen LogP) is 2.15. The summed E-state index contributed by atoms with van der Waals surface area (Å²) in [6.45, 7) is 4.97. The van der Waals surface area contributed by atoms with Crippen LogP contribution in [0.2, 0.25) is 0 Å². The normalized spacial score (nSPS) is 28.8. The first kappa shape index (κ1) is 11.6. The number of rotatable bonds is 5. The molecule has 0 spiro atoms. The second-order valence-corrected chi connectivity index (χ2v) is 6.55. The van der Waals surface area contributed by atoms with Crippen LogP contribution in [0.3, 0.4) is 0 Å². The van der Waals surface area contributed by atoms with Crippen LogP contribution < -0.4 is 5.32 Å². The SMILES string of the molecule is Cc1nc(CC2(CNC3CC3)CCOC2)cs1. The number of ether oxygens (including phenoxy) is 1. The zero-order chi connectivity index (χ0) is 11.7. The molecular formula is C13H20N2OS. The Morgan fingerprint density at radius 1 is 1.59 bits per heavy atom. The smallest absolute Gasteiger partial charge is 0.0897 e. The van der Waals surface area contributed by atoms with Gasteiger partial charge in [-0.15, -0.1) is 11.3 Å². The Morgan fingerprint density at radius 3 is 3.06 bits per heavy atom. The third-order valence-electron chi connectivity index (χ3n) is 3.75. The molecule has 2 aliphatic rings. The molecule has 3 rings (SSSR count). The molecule has 1 atom stereocenters. The number of thiazole rings is 1. The van der Waals surface area contributed by atoms with Crippen molar-refractivity contribution in [2.24, 2.45) is 5.41 Å². The minimum absolute atomic E-state index is 0.295. The molecule has 17 heavy (non-hydrogen) atoms. The van der Waals surface area contributed by atoms with Gasteiger partial charge >= 0.3 is 0 Å². The molecule has 2 heterocycles. The molecule has 0 bridgehead atoms. The van der Waals surface area contributed by atoms with Crippen LogP contribution in [-0.2, 0) is 11.2 Å². The summed E-state index contributed by atoms with van der Waals surface area (Å²) in [5, 5.41) is 7.03. The topological polar surface area (TPSA) is 34.2 Å². The first-order valence-electron chi connectivity index (χ1n) is 6.48. The Bertz CT molecular complexity index is 381. The monoisotopic (exact) mass is 252 g/mol. The highest BCUT2D eigenvalue weighted by Crippen LogP contribution is 2.33. The van der Waals surface area contributed by atoms with E-state index in [-0.39, 0.29) is 0 Å². The van der Waals surface area contributed by atoms with Crippen molar-refractivity contribution in [2.75, 3.05) is 19.8 Å². The van der Waals surface area contributed by atoms with E-state index in [9.17, 15) is 0 Å². The predicted molar refractivity (Wildman–Crippen MR) is 69.4 cm³/mol. The van der Waals surface area contributed by atoms with Crippen molar-refractivity contribution in [1.82, 2.24) is 10.3 Å². The lowest BCUT2D eigenvalue weighted by atomic mass is 9.82. The van der Waals surface area contributed by atoms with Crippen LogP contribution in [0.15, 0.2) is 5.38 Å². The van der Waals surface area contributed by atoms with Crippen molar-refractivity contribution >= 4 is 11.3 Å². The van der Waals surface area contributed by atoms with Crippen molar-refractivity contribution < 1.29 is 4.74 Å². The van der Waals surface area contributed by atoms with Crippen LogP contribution in [0.5, 0.6) is 0 Å². The van der Waals surface area contributed by atoms with Gasteiger partial charge in [0, 0.05) is 30.0 Å². The maximum Gasteiger partial charge on any atom is 0.0897 e. The highest BCUT2D eigenvalue weighted by atomic mass is 32.1. The Morgan fingerprint density at radius 2 is 2.47 bits per heavy atom. The molecule has 1 aliphatic heterocycles. The summed E-state index contributed by atoms with van der Waals surface area (Å²) in [5.74, 6) is 0. The van der Waals surface area contributed by atoms with Gasteiger partial charge < -0.3 is 10.1 Å². The Balaban J connectivity index is 1.65. The number of aromatic nitrogens is 1. The van der Waals surface area contributed by atoms with Gasteiger partial charge in [0.05, 0.1) is 17.3 Å². The molecule has 2 fully saturated rings. The summed E-state index contributed by atoms with van der Waals surface area (Å²) in [6.07, 6.45) is 4.94. The summed E-state index contributed by atoms with van der Waals surface area (Å²) in [7, 11) is 0. The Kier molecular flexibility index (Phi) is 3.19. The summed E-state index contributed by atoms with van der Waals surface area (Å²) in [6, 6.07) is 0.782. The largest absolute Gasteiger partial charge is 0.381 e. The van der Waals surface area contributed by atoms with E-state index in [1.807, 2.05) is 0 Å². The lowest BCUT2D eigenvalue weighted by Crippen LogP contribution is -2.37. The highest BCUT2D eigenvalue weighted by Gasteiger charge is 2.37. The second kappa shape index (κ2) is 4.67. The number of nitrogens with zero attached hydrogens (tertiary/aromatic N) is 1. The first-order valence-corrected chi connectivity index (χ1v) is 7.36. The number of aryl methyl sites for hydroxylation is 1. The molecule has 0 radical (unpaired) electrons. The quantitative estimate of drug-likeness (QED) is 0.872. The van der Waals surface area contributed by atoms with Crippen molar-refractivity contribution in [3.05, 3.63) is 16.1 Å². The van der Waals surface area contributed by atoms with Gasteiger partial charge in [-0.1, -0.05) is 0 Å². The van der Waals surface area contributed by atoms with Gasteiger partial charge in [-0.2, -0.15) is 0 Å². The van der Waals surface area contributed by atoms with Gasteiger partial charge in [0.1, 0.15) is 0 Å². The average Bonchev–Trinajstić information content (AvgIpc) is 2.90. The summed E-state index contributed by atoms with van der Waals surface area (Å²) in [4.78, 5) is 4.60. The number of nitrogens with one attached hydrogen (secondary N) is 1. The van der Waals surface area contributed by atoms with E-state index in [0.717, 1.165) is 32.2 Å². The van der Waals surface area contributed by atoms with Crippen LogP contribution in [0, 0.1) is 12.3 Å². The maximum atomic E-state index is 5.63. The van der Waals surface area contributed by atoms with Gasteiger partial charge in [0.2, 0.25) is 0 Å². The molecule has 1 aromatic heterocycles. The second-order valence-electron chi connectivity index (χ2n) is 5.49. The molecule has 1 N–H and O–H groups in total. The fraction of sp³-hybridized carbons (Fsp3) is 0.769. The van der Waals surface area contributed by atoms with Crippen LogP contribution in [-0.4, -0.2) is 30.8 Å². The molecule has 1 unspecified atom stereocenters. The van der Waals surface area contributed by atoms with Crippen LogP contribution in [0.25, 0.3) is 0 Å². The molecule has 0 amide bonds. The Labute approximate surface area is 107 Å². The summed E-state index contributed by atoms with van der Waals surface area (Å²) < 4.78 is 5.63. The van der Waals surface area contributed by atoms with Gasteiger partial charge in [0.25, 0.3) is 0 Å². The van der Waals surface area contributed by atoms with Crippen molar-refractivity contribution in [1.29, 1.82) is 0 Å². The molecule has 94 valence electrons. The van der Waals surface area contributed by atoms with E-state index in [4.69, 9.17) is 4.74 Å². The van der Waals surface area contributed by atoms with Gasteiger partial charge in [0.15, 0.2) is 0 Å². The summed E-state index contributed by atoms with van der Waals surface area (Å²) >= 11 is 1.75. The van der Waals surface area contributed by atoms with Crippen molar-refractivity contribution in [2.45, 2.75) is 38.6 Å².